The molecule has 0 unspecified atom stereocenters. The second-order valence-electron chi connectivity index (χ2n) is 7.95. The Morgan fingerprint density at radius 2 is 1.92 bits per heavy atom. The van der Waals surface area contributed by atoms with Gasteiger partial charge in [0.1, 0.15) is 12.2 Å². The largest absolute Gasteiger partial charge is 0.490 e. The molecular weight excluding hydrogens is 682 g/mol. The van der Waals surface area contributed by atoms with E-state index in [-0.39, 0.29) is 18.0 Å². The normalized spacial score (nSPS) is 11.3. The van der Waals surface area contributed by atoms with Gasteiger partial charge in [0, 0.05) is 19.9 Å². The highest BCUT2D eigenvalue weighted by Gasteiger charge is 2.19. The fourth-order valence-corrected chi connectivity index (χ4v) is 5.16. The number of benzene rings is 3. The molecule has 38 heavy (non-hydrogen) atoms. The van der Waals surface area contributed by atoms with Gasteiger partial charge < -0.3 is 13.9 Å². The summed E-state index contributed by atoms with van der Waals surface area (Å²) in [6, 6.07) is 16.4. The number of fused-ring (bicyclic) bond motifs is 2. The first-order valence-corrected chi connectivity index (χ1v) is 13.8. The van der Waals surface area contributed by atoms with E-state index in [9.17, 15) is 4.79 Å². The number of hydrogen-bond donors (Lipinski definition) is 0. The summed E-state index contributed by atoms with van der Waals surface area (Å²) in [5.41, 5.74) is 1.50. The molecule has 0 atom stereocenters. The van der Waals surface area contributed by atoms with Crippen LogP contribution >= 0.6 is 47.8 Å². The number of halogens is 3. The molecule has 0 fully saturated rings. The molecule has 0 aliphatic rings. The van der Waals surface area contributed by atoms with E-state index < -0.39 is 0 Å². The standard InChI is InChI=1S/C28H18Br3N3O4/c1-3-11-37-26-22(36-4-2)14-17(24(30)25(26)31)15-32-34-27(33-20-8-6-5-7-19(20)28(34)35)23-13-16-12-18(29)9-10-21(16)38-23/h1,5-10,12-15H,4,11H2,2H3. The SMILES string of the molecule is C#CCOc1c(OCC)cc(C=Nn2c(-c3cc4cc(Br)ccc4o3)nc3ccccc3c2=O)c(Br)c1Br. The summed E-state index contributed by atoms with van der Waals surface area (Å²) in [6.45, 7) is 2.36. The van der Waals surface area contributed by atoms with Crippen LogP contribution in [0.25, 0.3) is 33.5 Å². The Morgan fingerprint density at radius 3 is 2.71 bits per heavy atom. The van der Waals surface area contributed by atoms with Gasteiger partial charge in [-0.15, -0.1) is 6.42 Å². The lowest BCUT2D eigenvalue weighted by molar-refractivity contribution is 0.297. The van der Waals surface area contributed by atoms with Gasteiger partial charge >= 0.3 is 0 Å². The molecule has 7 nitrogen and oxygen atoms in total. The minimum atomic E-state index is -0.335. The third-order valence-electron chi connectivity index (χ3n) is 5.52. The zero-order chi connectivity index (χ0) is 26.8. The van der Waals surface area contributed by atoms with Crippen LogP contribution in [-0.4, -0.2) is 29.1 Å². The van der Waals surface area contributed by atoms with Crippen molar-refractivity contribution in [3.8, 4) is 35.4 Å². The van der Waals surface area contributed by atoms with Gasteiger partial charge in [0.25, 0.3) is 5.56 Å². The number of hydrogen-bond acceptors (Lipinski definition) is 6. The molecule has 0 aliphatic carbocycles. The van der Waals surface area contributed by atoms with Crippen LogP contribution in [0.3, 0.4) is 0 Å². The van der Waals surface area contributed by atoms with Gasteiger partial charge in [0.2, 0.25) is 5.82 Å². The highest BCUT2D eigenvalue weighted by Crippen LogP contribution is 2.42. The fraction of sp³-hybridized carbons (Fsp3) is 0.107. The molecule has 0 bridgehead atoms. The zero-order valence-electron chi connectivity index (χ0n) is 19.9. The van der Waals surface area contributed by atoms with Gasteiger partial charge in [-0.1, -0.05) is 34.0 Å². The summed E-state index contributed by atoms with van der Waals surface area (Å²) >= 11 is 10.6. The van der Waals surface area contributed by atoms with Crippen LogP contribution in [0, 0.1) is 12.3 Å². The number of terminal acetylenes is 1. The van der Waals surface area contributed by atoms with E-state index >= 15 is 0 Å². The first kappa shape index (κ1) is 26.2. The minimum absolute atomic E-state index is 0.0775. The van der Waals surface area contributed by atoms with Crippen LogP contribution in [-0.2, 0) is 0 Å². The quantitative estimate of drug-likeness (QED) is 0.131. The van der Waals surface area contributed by atoms with Crippen LogP contribution in [0.2, 0.25) is 0 Å². The highest BCUT2D eigenvalue weighted by molar-refractivity contribution is 9.13. The number of nitrogens with zero attached hydrogens (tertiary/aromatic N) is 3. The van der Waals surface area contributed by atoms with E-state index in [1.54, 1.807) is 30.5 Å². The van der Waals surface area contributed by atoms with Crippen LogP contribution in [0.4, 0.5) is 0 Å². The summed E-state index contributed by atoms with van der Waals surface area (Å²) in [5, 5.41) is 5.85. The first-order valence-electron chi connectivity index (χ1n) is 11.4. The summed E-state index contributed by atoms with van der Waals surface area (Å²) in [4.78, 5) is 18.3. The molecule has 5 aromatic rings. The molecule has 0 spiro atoms. The second kappa shape index (κ2) is 11.2. The van der Waals surface area contributed by atoms with Crippen molar-refractivity contribution in [1.29, 1.82) is 0 Å². The molecule has 5 rings (SSSR count). The number of aromatic nitrogens is 2. The van der Waals surface area contributed by atoms with E-state index in [0.29, 0.717) is 54.9 Å². The Hall–Kier alpha value is -3.39. The molecule has 0 radical (unpaired) electrons. The van der Waals surface area contributed by atoms with Crippen LogP contribution in [0.15, 0.2) is 82.3 Å². The minimum Gasteiger partial charge on any atom is -0.490 e. The van der Waals surface area contributed by atoms with E-state index in [1.165, 1.54) is 4.68 Å². The monoisotopic (exact) mass is 697 g/mol. The smallest absolute Gasteiger partial charge is 0.282 e. The lowest BCUT2D eigenvalue weighted by Gasteiger charge is -2.15. The van der Waals surface area contributed by atoms with Crippen molar-refractivity contribution >= 4 is 75.9 Å². The Morgan fingerprint density at radius 1 is 1.11 bits per heavy atom. The third kappa shape index (κ3) is 5.01. The summed E-state index contributed by atoms with van der Waals surface area (Å²) in [5.74, 6) is 4.07. The lowest BCUT2D eigenvalue weighted by Crippen LogP contribution is -2.20. The molecule has 2 aromatic heterocycles. The van der Waals surface area contributed by atoms with E-state index in [2.05, 4.69) is 58.8 Å². The van der Waals surface area contributed by atoms with Crippen LogP contribution in [0.5, 0.6) is 11.5 Å². The fourth-order valence-electron chi connectivity index (χ4n) is 3.84. The van der Waals surface area contributed by atoms with Crippen molar-refractivity contribution in [2.45, 2.75) is 6.92 Å². The first-order chi connectivity index (χ1) is 18.4. The molecule has 2 heterocycles. The molecule has 0 saturated carbocycles. The van der Waals surface area contributed by atoms with Gasteiger partial charge in [0.05, 0.1) is 28.2 Å². The number of para-hydroxylation sites is 1. The predicted molar refractivity (Wildman–Crippen MR) is 159 cm³/mol. The molecule has 190 valence electrons. The van der Waals surface area contributed by atoms with Crippen molar-refractivity contribution in [1.82, 2.24) is 9.66 Å². The maximum absolute atomic E-state index is 13.6. The topological polar surface area (TPSA) is 78.8 Å². The third-order valence-corrected chi connectivity index (χ3v) is 8.16. The molecule has 0 aliphatic heterocycles. The van der Waals surface area contributed by atoms with Crippen molar-refractivity contribution in [2.24, 2.45) is 5.10 Å². The molecule has 0 saturated heterocycles. The lowest BCUT2D eigenvalue weighted by atomic mass is 10.2. The molecule has 3 aromatic carbocycles. The molecule has 0 N–H and O–H groups in total. The van der Waals surface area contributed by atoms with E-state index in [1.807, 2.05) is 37.3 Å². The average molecular weight is 700 g/mol. The Bertz CT molecular complexity index is 1820. The van der Waals surface area contributed by atoms with Gasteiger partial charge in [-0.2, -0.15) is 9.78 Å². The van der Waals surface area contributed by atoms with Crippen molar-refractivity contribution in [3.05, 3.63) is 83.9 Å². The Kier molecular flexibility index (Phi) is 7.70. The van der Waals surface area contributed by atoms with Gasteiger partial charge in [-0.25, -0.2) is 4.98 Å². The number of ether oxygens (including phenoxy) is 2. The predicted octanol–water partition coefficient (Wildman–Crippen LogP) is 7.39. The summed E-state index contributed by atoms with van der Waals surface area (Å²) in [6.07, 6.45) is 6.91. The maximum atomic E-state index is 13.6. The molecular formula is C28H18Br3N3O4. The van der Waals surface area contributed by atoms with E-state index in [0.717, 1.165) is 9.86 Å². The maximum Gasteiger partial charge on any atom is 0.282 e. The van der Waals surface area contributed by atoms with Crippen molar-refractivity contribution < 1.29 is 13.9 Å². The summed E-state index contributed by atoms with van der Waals surface area (Å²) < 4.78 is 20.9. The summed E-state index contributed by atoms with van der Waals surface area (Å²) in [7, 11) is 0. The molecule has 10 heteroatoms. The second-order valence-corrected chi connectivity index (χ2v) is 10.5. The Labute approximate surface area is 242 Å². The van der Waals surface area contributed by atoms with Crippen LogP contribution < -0.4 is 15.0 Å². The number of furan rings is 1. The van der Waals surface area contributed by atoms with Crippen molar-refractivity contribution in [2.75, 3.05) is 13.2 Å². The van der Waals surface area contributed by atoms with E-state index in [4.69, 9.17) is 25.3 Å². The average Bonchev–Trinajstić information content (AvgIpc) is 3.33. The molecule has 0 amide bonds. The van der Waals surface area contributed by atoms with Gasteiger partial charge in [-0.05, 0) is 81.2 Å². The Balaban J connectivity index is 1.69. The zero-order valence-corrected chi connectivity index (χ0v) is 24.6. The van der Waals surface area contributed by atoms with Crippen molar-refractivity contribution in [3.63, 3.8) is 0 Å². The van der Waals surface area contributed by atoms with Crippen LogP contribution in [0.1, 0.15) is 12.5 Å². The van der Waals surface area contributed by atoms with Gasteiger partial charge in [0.15, 0.2) is 17.3 Å². The van der Waals surface area contributed by atoms with Gasteiger partial charge in [-0.3, -0.25) is 4.79 Å². The highest BCUT2D eigenvalue weighted by atomic mass is 79.9. The number of rotatable bonds is 7.